The molecule has 0 aliphatic carbocycles. The Bertz CT molecular complexity index is 921. The minimum atomic E-state index is 0.0783. The first kappa shape index (κ1) is 22.4. The highest BCUT2D eigenvalue weighted by atomic mass is 79.9. The second-order valence-corrected chi connectivity index (χ2v) is 8.70. The van der Waals surface area contributed by atoms with E-state index in [1.807, 2.05) is 59.8 Å². The summed E-state index contributed by atoms with van der Waals surface area (Å²) in [4.78, 5) is 22.7. The monoisotopic (exact) mass is 488 g/mol. The highest BCUT2D eigenvalue weighted by molar-refractivity contribution is 9.10. The number of allylic oxidation sites excluding steroid dienone is 1. The molecule has 1 aliphatic rings. The number of benzene rings is 1. The Hall–Kier alpha value is -2.32. The van der Waals surface area contributed by atoms with Gasteiger partial charge >= 0.3 is 0 Å². The number of nitrogens with zero attached hydrogens (tertiary/aromatic N) is 3. The van der Waals surface area contributed by atoms with Gasteiger partial charge in [-0.25, -0.2) is 4.98 Å². The van der Waals surface area contributed by atoms with Crippen molar-refractivity contribution in [2.24, 2.45) is 10.9 Å². The van der Waals surface area contributed by atoms with Crippen LogP contribution in [0.2, 0.25) is 0 Å². The first-order chi connectivity index (χ1) is 14.6. The predicted octanol–water partition coefficient (Wildman–Crippen LogP) is 5.54. The lowest BCUT2D eigenvalue weighted by molar-refractivity contribution is -0.136. The fourth-order valence-electron chi connectivity index (χ4n) is 3.12. The van der Waals surface area contributed by atoms with E-state index in [0.29, 0.717) is 16.7 Å². The van der Waals surface area contributed by atoms with Crippen LogP contribution in [0.1, 0.15) is 19.3 Å². The molecule has 30 heavy (non-hydrogen) atoms. The van der Waals surface area contributed by atoms with Crippen molar-refractivity contribution in [1.29, 1.82) is 0 Å². The van der Waals surface area contributed by atoms with Crippen LogP contribution in [-0.4, -0.2) is 41.6 Å². The van der Waals surface area contributed by atoms with Crippen molar-refractivity contribution < 1.29 is 9.53 Å². The summed E-state index contributed by atoms with van der Waals surface area (Å²) in [5.41, 5.74) is 0. The zero-order chi connectivity index (χ0) is 21.3. The van der Waals surface area contributed by atoms with Crippen LogP contribution in [0, 0.1) is 5.92 Å². The zero-order valence-corrected chi connectivity index (χ0v) is 19.4. The molecule has 1 fully saturated rings. The normalized spacial score (nSPS) is 17.4. The maximum atomic E-state index is 12.2. The summed E-state index contributed by atoms with van der Waals surface area (Å²) >= 11 is 4.90. The quantitative estimate of drug-likeness (QED) is 0.427. The zero-order valence-electron chi connectivity index (χ0n) is 17.0. The van der Waals surface area contributed by atoms with Crippen molar-refractivity contribution in [3.05, 3.63) is 58.6 Å². The maximum Gasteiger partial charge on any atom is 0.225 e. The number of aromatic nitrogens is 1. The summed E-state index contributed by atoms with van der Waals surface area (Å²) in [6.45, 7) is 0.859. The van der Waals surface area contributed by atoms with Gasteiger partial charge in [-0.15, -0.1) is 0 Å². The number of hydrogen-bond donors (Lipinski definition) is 1. The summed E-state index contributed by atoms with van der Waals surface area (Å²) in [7, 11) is 3.60. The van der Waals surface area contributed by atoms with Crippen LogP contribution in [-0.2, 0) is 4.79 Å². The topological polar surface area (TPSA) is 66.8 Å². The molecule has 0 saturated carbocycles. The first-order valence-corrected chi connectivity index (χ1v) is 11.4. The molecule has 158 valence electrons. The van der Waals surface area contributed by atoms with Crippen LogP contribution in [0.3, 0.4) is 0 Å². The number of aliphatic imine (C=N–C) groups is 1. The lowest BCUT2D eigenvalue weighted by Gasteiger charge is -2.28. The molecular formula is C22H25BrN4O2S. The summed E-state index contributed by atoms with van der Waals surface area (Å²) < 4.78 is 6.81. The summed E-state index contributed by atoms with van der Waals surface area (Å²) in [5, 5.41) is 5.88. The summed E-state index contributed by atoms with van der Waals surface area (Å²) in [6, 6.07) is 11.4. The number of hydrogen-bond acceptors (Lipinski definition) is 5. The van der Waals surface area contributed by atoms with Crippen LogP contribution < -0.4 is 10.1 Å². The number of pyridine rings is 1. The highest BCUT2D eigenvalue weighted by Gasteiger charge is 2.24. The fourth-order valence-corrected chi connectivity index (χ4v) is 4.03. The van der Waals surface area contributed by atoms with Crippen LogP contribution in [0.25, 0.3) is 0 Å². The van der Waals surface area contributed by atoms with E-state index in [9.17, 15) is 4.79 Å². The molecule has 1 unspecified atom stereocenters. The van der Waals surface area contributed by atoms with E-state index < -0.39 is 0 Å². The number of piperidine rings is 1. The number of thioether (sulfide) groups is 1. The average Bonchev–Trinajstić information content (AvgIpc) is 2.75. The molecule has 1 aromatic heterocycles. The lowest BCUT2D eigenvalue weighted by atomic mass is 9.94. The summed E-state index contributed by atoms with van der Waals surface area (Å²) in [5.74, 6) is 2.21. The van der Waals surface area contributed by atoms with Crippen molar-refractivity contribution in [2.45, 2.75) is 19.3 Å². The Morgan fingerprint density at radius 1 is 1.43 bits per heavy atom. The smallest absolute Gasteiger partial charge is 0.225 e. The molecule has 2 heterocycles. The number of rotatable bonds is 6. The van der Waals surface area contributed by atoms with Crippen molar-refractivity contribution >= 4 is 44.6 Å². The average molecular weight is 489 g/mol. The Morgan fingerprint density at radius 2 is 2.23 bits per heavy atom. The number of amides is 1. The van der Waals surface area contributed by atoms with Crippen molar-refractivity contribution in [2.75, 3.05) is 26.0 Å². The molecule has 2 aromatic rings. The third-order valence-electron chi connectivity index (χ3n) is 4.69. The lowest BCUT2D eigenvalue weighted by Crippen LogP contribution is -2.37. The molecule has 1 aliphatic heterocycles. The van der Waals surface area contributed by atoms with Gasteiger partial charge < -0.3 is 15.0 Å². The number of para-hydroxylation sites is 1. The van der Waals surface area contributed by atoms with E-state index in [4.69, 9.17) is 4.74 Å². The number of ether oxygens (including phenoxy) is 1. The second kappa shape index (κ2) is 11.2. The number of amidine groups is 1. The first-order valence-electron chi connectivity index (χ1n) is 9.75. The molecule has 6 nitrogen and oxygen atoms in total. The van der Waals surface area contributed by atoms with Crippen LogP contribution >= 0.6 is 27.7 Å². The molecule has 1 N–H and O–H groups in total. The molecule has 0 bridgehead atoms. The van der Waals surface area contributed by atoms with Crippen molar-refractivity contribution in [3.8, 4) is 11.5 Å². The van der Waals surface area contributed by atoms with Gasteiger partial charge in [-0.2, -0.15) is 0 Å². The largest absolute Gasteiger partial charge is 0.453 e. The Labute approximate surface area is 189 Å². The number of carbonyl (C=O) groups is 1. The molecule has 1 aromatic carbocycles. The van der Waals surface area contributed by atoms with Gasteiger partial charge in [0.2, 0.25) is 5.91 Å². The van der Waals surface area contributed by atoms with Crippen LogP contribution in [0.4, 0.5) is 5.82 Å². The van der Waals surface area contributed by atoms with E-state index in [1.54, 1.807) is 13.2 Å². The van der Waals surface area contributed by atoms with Crippen LogP contribution in [0.5, 0.6) is 11.5 Å². The molecular weight excluding hydrogens is 464 g/mol. The summed E-state index contributed by atoms with van der Waals surface area (Å²) in [6.07, 6.45) is 6.51. The van der Waals surface area contributed by atoms with Gasteiger partial charge in [0.1, 0.15) is 5.75 Å². The van der Waals surface area contributed by atoms with E-state index in [0.717, 1.165) is 36.0 Å². The Balaban J connectivity index is 1.61. The van der Waals surface area contributed by atoms with E-state index in [-0.39, 0.29) is 11.8 Å². The van der Waals surface area contributed by atoms with Gasteiger partial charge in [0.05, 0.1) is 0 Å². The predicted molar refractivity (Wildman–Crippen MR) is 127 cm³/mol. The number of carbonyl (C=O) groups excluding carboxylic acids is 1. The molecule has 0 spiro atoms. The minimum absolute atomic E-state index is 0.0783. The SMILES string of the molecule is CN=C(Nc1ncc(Br)cc1Oc1ccccc1)S/C=C/CC1CCCN(C)C1=O. The van der Waals surface area contributed by atoms with Crippen molar-refractivity contribution in [3.63, 3.8) is 0 Å². The minimum Gasteiger partial charge on any atom is -0.453 e. The second-order valence-electron chi connectivity index (χ2n) is 6.89. The number of anilines is 1. The van der Waals surface area contributed by atoms with Gasteiger partial charge in [-0.1, -0.05) is 36.0 Å². The number of nitrogens with one attached hydrogen (secondary N) is 1. The number of likely N-dealkylation sites (tertiary alicyclic amines) is 1. The Kier molecular flexibility index (Phi) is 8.33. The third kappa shape index (κ3) is 6.34. The number of halogens is 1. The molecule has 1 saturated heterocycles. The maximum absolute atomic E-state index is 12.2. The Morgan fingerprint density at radius 3 is 3.00 bits per heavy atom. The standard InChI is InChI=1S/C22H25BrN4O2S/c1-24-22(30-13-7-9-16-8-6-12-27(2)21(16)28)26-20-19(14-17(23)15-25-20)29-18-10-4-3-5-11-18/h3-5,7,10-11,13-16H,6,8-9,12H2,1-2H3,(H,24,25,26)/b13-7+. The van der Waals surface area contributed by atoms with Gasteiger partial charge in [0.25, 0.3) is 0 Å². The molecule has 1 atom stereocenters. The molecule has 1 amide bonds. The van der Waals surface area contributed by atoms with Gasteiger partial charge in [0, 0.05) is 43.3 Å². The van der Waals surface area contributed by atoms with E-state index in [2.05, 4.69) is 31.2 Å². The third-order valence-corrected chi connectivity index (χ3v) is 5.96. The highest BCUT2D eigenvalue weighted by Crippen LogP contribution is 2.31. The van der Waals surface area contributed by atoms with E-state index in [1.165, 1.54) is 11.8 Å². The fraction of sp³-hybridized carbons (Fsp3) is 0.318. The van der Waals surface area contributed by atoms with E-state index >= 15 is 0 Å². The molecule has 0 radical (unpaired) electrons. The van der Waals surface area contributed by atoms with Gasteiger partial charge in [0.15, 0.2) is 16.7 Å². The van der Waals surface area contributed by atoms with Crippen LogP contribution in [0.15, 0.2) is 63.5 Å². The molecule has 8 heteroatoms. The van der Waals surface area contributed by atoms with Gasteiger partial charge in [-0.05, 0) is 52.7 Å². The van der Waals surface area contributed by atoms with Gasteiger partial charge in [-0.3, -0.25) is 9.79 Å². The van der Waals surface area contributed by atoms with Crippen molar-refractivity contribution in [1.82, 2.24) is 9.88 Å². The molecule has 3 rings (SSSR count).